The number of halogens is 6. The highest BCUT2D eigenvalue weighted by Crippen LogP contribution is 2.30. The second kappa shape index (κ2) is 21.9. The normalized spacial score (nSPS) is 17.9. The average molecular weight is 655 g/mol. The van der Waals surface area contributed by atoms with Crippen LogP contribution in [-0.2, 0) is 14.6 Å². The van der Waals surface area contributed by atoms with Gasteiger partial charge in [-0.3, -0.25) is 4.55 Å². The molecule has 12 heteroatoms. The van der Waals surface area contributed by atoms with Gasteiger partial charge in [0.15, 0.2) is 0 Å². The van der Waals surface area contributed by atoms with Crippen LogP contribution in [-0.4, -0.2) is 51.1 Å². The summed E-state index contributed by atoms with van der Waals surface area (Å²) in [5.41, 5.74) is 0. The molecule has 0 saturated heterocycles. The largest absolute Gasteiger partial charge is 0.445 e. The quantitative estimate of drug-likeness (QED) is 0.0497. The monoisotopic (exact) mass is 652 g/mol. The van der Waals surface area contributed by atoms with Crippen LogP contribution in [0, 0.1) is 0 Å². The third kappa shape index (κ3) is 19.2. The highest BCUT2D eigenvalue weighted by molar-refractivity contribution is 7.81. The highest BCUT2D eigenvalue weighted by Gasteiger charge is 2.36. The first kappa shape index (κ1) is 37.1. The molecule has 0 amide bonds. The summed E-state index contributed by atoms with van der Waals surface area (Å²) in [4.78, 5) is 0. The second-order valence-corrected chi connectivity index (χ2v) is 13.3. The summed E-state index contributed by atoms with van der Waals surface area (Å²) < 4.78 is 33.6. The molecule has 216 valence electrons. The Morgan fingerprint density at radius 2 is 1.19 bits per heavy atom. The number of unbranched alkanes of at least 4 members (excludes halogenated alkanes) is 10. The van der Waals surface area contributed by atoms with E-state index in [9.17, 15) is 13.5 Å². The predicted molar refractivity (Wildman–Crippen MR) is 156 cm³/mol. The van der Waals surface area contributed by atoms with Gasteiger partial charge >= 0.3 is 10.4 Å². The third-order valence-electron chi connectivity index (χ3n) is 5.92. The molecule has 0 spiro atoms. The lowest BCUT2D eigenvalue weighted by atomic mass is 9.99. The van der Waals surface area contributed by atoms with Crippen LogP contribution in [0.4, 0.5) is 0 Å². The number of rotatable bonds is 23. The van der Waals surface area contributed by atoms with Crippen molar-refractivity contribution in [3.05, 3.63) is 11.3 Å². The Balaban J connectivity index is 4.07. The van der Waals surface area contributed by atoms with E-state index in [0.29, 0.717) is 12.8 Å². The molecule has 0 heterocycles. The van der Waals surface area contributed by atoms with Gasteiger partial charge in [-0.05, 0) is 25.7 Å². The van der Waals surface area contributed by atoms with Gasteiger partial charge in [0.05, 0.1) is 38.0 Å². The molecule has 0 unspecified atom stereocenters. The van der Waals surface area contributed by atoms with E-state index in [0.717, 1.165) is 64.0 Å². The molecule has 6 atom stereocenters. The first-order valence-electron chi connectivity index (χ1n) is 12.8. The van der Waals surface area contributed by atoms with Crippen LogP contribution in [0.25, 0.3) is 0 Å². The average Bonchev–Trinajstić information content (AvgIpc) is 2.83. The maximum atomic E-state index is 10.6. The SMILES string of the molecule is CCCCCCCC[C@H](Cl)[C@H](Cl)[C@H](O)[C@H](Cl)[C@H](Cl)[C@H](Cl)CCCCCCCC/C(Cl)=C\OS(=O)(=O)O. The molecule has 0 aromatic heterocycles. The van der Waals surface area contributed by atoms with E-state index in [2.05, 4.69) is 11.1 Å². The van der Waals surface area contributed by atoms with Crippen molar-refractivity contribution < 1.29 is 22.3 Å². The van der Waals surface area contributed by atoms with Crippen molar-refractivity contribution in [2.24, 2.45) is 0 Å². The maximum absolute atomic E-state index is 10.6. The molecular weight excluding hydrogens is 613 g/mol. The summed E-state index contributed by atoms with van der Waals surface area (Å²) in [6.07, 6.45) is 14.1. The zero-order valence-electron chi connectivity index (χ0n) is 20.9. The molecule has 0 aliphatic rings. The van der Waals surface area contributed by atoms with Crippen LogP contribution >= 0.6 is 69.6 Å². The Labute approximate surface area is 248 Å². The lowest BCUT2D eigenvalue weighted by molar-refractivity contribution is 0.157. The molecule has 0 fully saturated rings. The van der Waals surface area contributed by atoms with E-state index in [1.165, 1.54) is 25.7 Å². The molecule has 5 nitrogen and oxygen atoms in total. The van der Waals surface area contributed by atoms with Crippen LogP contribution in [0.15, 0.2) is 11.3 Å². The Hall–Kier alpha value is 1.15. The van der Waals surface area contributed by atoms with Gasteiger partial charge in [0.2, 0.25) is 0 Å². The summed E-state index contributed by atoms with van der Waals surface area (Å²) in [5.74, 6) is 0. The van der Waals surface area contributed by atoms with Crippen LogP contribution in [0.1, 0.15) is 103 Å². The number of aliphatic hydroxyl groups excluding tert-OH is 1. The van der Waals surface area contributed by atoms with Crippen molar-refractivity contribution in [3.63, 3.8) is 0 Å². The summed E-state index contributed by atoms with van der Waals surface area (Å²) in [5, 5.41) is 7.91. The molecular formula is C24H42Cl6O5S. The molecule has 36 heavy (non-hydrogen) atoms. The first-order valence-corrected chi connectivity index (χ1v) is 16.7. The zero-order valence-corrected chi connectivity index (χ0v) is 26.3. The van der Waals surface area contributed by atoms with E-state index >= 15 is 0 Å². The minimum absolute atomic E-state index is 0.227. The van der Waals surface area contributed by atoms with E-state index in [1.807, 2.05) is 0 Å². The Bertz CT molecular complexity index is 682. The van der Waals surface area contributed by atoms with E-state index < -0.39 is 38.0 Å². The minimum Gasteiger partial charge on any atom is -0.390 e. The lowest BCUT2D eigenvalue weighted by Crippen LogP contribution is -2.43. The molecule has 0 radical (unpaired) electrons. The van der Waals surface area contributed by atoms with Gasteiger partial charge in [-0.1, -0.05) is 89.2 Å². The van der Waals surface area contributed by atoms with Crippen molar-refractivity contribution in [2.75, 3.05) is 0 Å². The fourth-order valence-electron chi connectivity index (χ4n) is 3.73. The predicted octanol–water partition coefficient (Wildman–Crippen LogP) is 9.16. The Morgan fingerprint density at radius 3 is 1.69 bits per heavy atom. The molecule has 0 aromatic rings. The minimum atomic E-state index is -4.52. The number of hydrogen-bond acceptors (Lipinski definition) is 4. The second-order valence-electron chi connectivity index (χ2n) is 9.16. The van der Waals surface area contributed by atoms with Gasteiger partial charge in [0, 0.05) is 0 Å². The molecule has 0 rings (SSSR count). The molecule has 2 N–H and O–H groups in total. The van der Waals surface area contributed by atoms with Crippen LogP contribution in [0.2, 0.25) is 0 Å². The van der Waals surface area contributed by atoms with E-state index in [4.69, 9.17) is 74.2 Å². The smallest absolute Gasteiger partial charge is 0.390 e. The topological polar surface area (TPSA) is 83.8 Å². The van der Waals surface area contributed by atoms with Crippen LogP contribution in [0.3, 0.4) is 0 Å². The Morgan fingerprint density at radius 1 is 0.750 bits per heavy atom. The Kier molecular flexibility index (Phi) is 22.6. The highest BCUT2D eigenvalue weighted by atomic mass is 35.5. The molecule has 0 aromatic carbocycles. The van der Waals surface area contributed by atoms with Crippen LogP contribution < -0.4 is 0 Å². The summed E-state index contributed by atoms with van der Waals surface area (Å²) >= 11 is 38.0. The summed E-state index contributed by atoms with van der Waals surface area (Å²) in [6, 6.07) is 0. The fraction of sp³-hybridized carbons (Fsp3) is 0.917. The molecule has 0 aliphatic carbocycles. The van der Waals surface area contributed by atoms with E-state index in [-0.39, 0.29) is 10.4 Å². The molecule has 0 bridgehead atoms. The molecule has 0 aliphatic heterocycles. The van der Waals surface area contributed by atoms with Crippen molar-refractivity contribution in [1.29, 1.82) is 0 Å². The number of hydrogen-bond donors (Lipinski definition) is 2. The van der Waals surface area contributed by atoms with E-state index in [1.54, 1.807) is 0 Å². The van der Waals surface area contributed by atoms with Gasteiger partial charge < -0.3 is 9.29 Å². The van der Waals surface area contributed by atoms with Crippen LogP contribution in [0.5, 0.6) is 0 Å². The van der Waals surface area contributed by atoms with Gasteiger partial charge in [-0.25, -0.2) is 0 Å². The zero-order chi connectivity index (χ0) is 27.6. The van der Waals surface area contributed by atoms with Gasteiger partial charge in [-0.2, -0.15) is 8.42 Å². The summed E-state index contributed by atoms with van der Waals surface area (Å²) in [7, 11) is -4.52. The molecule has 0 saturated carbocycles. The number of alkyl halides is 5. The maximum Gasteiger partial charge on any atom is 0.445 e. The van der Waals surface area contributed by atoms with Crippen molar-refractivity contribution in [3.8, 4) is 0 Å². The first-order chi connectivity index (χ1) is 16.9. The van der Waals surface area contributed by atoms with Gasteiger partial charge in [-0.15, -0.1) is 58.0 Å². The summed E-state index contributed by atoms with van der Waals surface area (Å²) in [6.45, 7) is 2.19. The van der Waals surface area contributed by atoms with Gasteiger partial charge in [0.1, 0.15) is 6.26 Å². The van der Waals surface area contributed by atoms with Crippen molar-refractivity contribution >= 4 is 80.0 Å². The van der Waals surface area contributed by atoms with Gasteiger partial charge in [0.25, 0.3) is 0 Å². The lowest BCUT2D eigenvalue weighted by Gasteiger charge is -2.29. The fourth-order valence-corrected chi connectivity index (χ4v) is 5.85. The standard InChI is InChI=1S/C24H42Cl6O5S/c1-2-3-4-5-9-13-16-20(27)22(29)24(31)23(30)21(28)19(26)15-12-10-7-6-8-11-14-18(25)17-35-36(32,33)34/h17,19-24,31H,2-16H2,1H3,(H,32,33,34)/b18-17+/t19-,20+,21-,22+,23-,24+/m1/s1. The van der Waals surface area contributed by atoms with Crippen molar-refractivity contribution in [1.82, 2.24) is 0 Å². The number of allylic oxidation sites excluding steroid dienone is 1. The third-order valence-corrected chi connectivity index (χ3v) is 9.58. The number of aliphatic hydroxyl groups is 1. The van der Waals surface area contributed by atoms with Crippen molar-refractivity contribution in [2.45, 2.75) is 136 Å².